The molecule has 11 nitrogen and oxygen atoms in total. The molecule has 1 aromatic heterocycles. The lowest BCUT2D eigenvalue weighted by Crippen LogP contribution is -2.53. The number of piperidine rings is 1. The Kier molecular flexibility index (Phi) is 10.0. The van der Waals surface area contributed by atoms with Crippen LogP contribution in [0.2, 0.25) is 0 Å². The second-order valence-corrected chi connectivity index (χ2v) is 13.2. The van der Waals surface area contributed by atoms with Crippen molar-refractivity contribution in [2.75, 3.05) is 45.7 Å². The van der Waals surface area contributed by atoms with E-state index in [4.69, 9.17) is 9.84 Å². The highest BCUT2D eigenvalue weighted by Gasteiger charge is 2.42. The Hall–Kier alpha value is -2.35. The largest absolute Gasteiger partial charge is 0.394 e. The third kappa shape index (κ3) is 7.10. The molecule has 12 heteroatoms. The number of fused-ring (bicyclic) bond motifs is 3. The monoisotopic (exact) mass is 578 g/mol. The Labute approximate surface area is 235 Å². The molecule has 2 aromatic rings. The van der Waals surface area contributed by atoms with Gasteiger partial charge in [0.1, 0.15) is 5.56 Å². The van der Waals surface area contributed by atoms with Gasteiger partial charge in [0.25, 0.3) is 11.5 Å². The summed E-state index contributed by atoms with van der Waals surface area (Å²) in [5.41, 5.74) is 0.643. The predicted octanol–water partition coefficient (Wildman–Crippen LogP) is 0.939. The van der Waals surface area contributed by atoms with Crippen LogP contribution in [0.3, 0.4) is 0 Å². The number of carbonyl (C=O) groups excluding carboxylic acids is 1. The molecule has 4 atom stereocenters. The van der Waals surface area contributed by atoms with Crippen LogP contribution in [-0.4, -0.2) is 108 Å². The average molecular weight is 579 g/mol. The van der Waals surface area contributed by atoms with Gasteiger partial charge < -0.3 is 24.8 Å². The third-order valence-electron chi connectivity index (χ3n) is 7.95. The number of hydrogen-bond donors (Lipinski definition) is 3. The molecule has 1 aromatic carbocycles. The predicted molar refractivity (Wildman–Crippen MR) is 153 cm³/mol. The SMILES string of the molecule is CC(C)n1c(=O)c(C(=O)NC2C[C@H]3CC[C@@H](C2)N3CC(O)CN(CCOCCO)S(C)(=O)=O)cc2ccccc21. The number of hydrogen-bond acceptors (Lipinski definition) is 8. The smallest absolute Gasteiger partial charge is 0.264 e. The van der Waals surface area contributed by atoms with E-state index in [2.05, 4.69) is 10.2 Å². The van der Waals surface area contributed by atoms with Crippen molar-refractivity contribution in [3.63, 3.8) is 0 Å². The van der Waals surface area contributed by atoms with Crippen molar-refractivity contribution < 1.29 is 28.2 Å². The zero-order valence-corrected chi connectivity index (χ0v) is 24.3. The Balaban J connectivity index is 1.38. The second-order valence-electron chi connectivity index (χ2n) is 11.2. The molecule has 0 spiro atoms. The number of ether oxygens (including phenoxy) is 1. The lowest BCUT2D eigenvalue weighted by molar-refractivity contribution is 0.0376. The van der Waals surface area contributed by atoms with Crippen molar-refractivity contribution in [1.29, 1.82) is 0 Å². The maximum Gasteiger partial charge on any atom is 0.264 e. The summed E-state index contributed by atoms with van der Waals surface area (Å²) >= 11 is 0. The van der Waals surface area contributed by atoms with E-state index in [1.165, 1.54) is 4.31 Å². The number of rotatable bonds is 13. The first kappa shape index (κ1) is 30.6. The van der Waals surface area contributed by atoms with Crippen molar-refractivity contribution in [2.24, 2.45) is 0 Å². The van der Waals surface area contributed by atoms with Gasteiger partial charge in [0.15, 0.2) is 0 Å². The highest BCUT2D eigenvalue weighted by molar-refractivity contribution is 7.88. The van der Waals surface area contributed by atoms with Gasteiger partial charge >= 0.3 is 0 Å². The van der Waals surface area contributed by atoms with Gasteiger partial charge in [0, 0.05) is 43.8 Å². The summed E-state index contributed by atoms with van der Waals surface area (Å²) in [4.78, 5) is 28.8. The number of aromatic nitrogens is 1. The molecule has 3 N–H and O–H groups in total. The minimum absolute atomic E-state index is 0.0402. The Bertz CT molecular complexity index is 1330. The maximum absolute atomic E-state index is 13.3. The van der Waals surface area contributed by atoms with Crippen LogP contribution in [0, 0.1) is 0 Å². The number of para-hydroxylation sites is 1. The molecule has 4 rings (SSSR count). The molecule has 0 radical (unpaired) electrons. The number of benzene rings is 1. The first-order chi connectivity index (χ1) is 19.0. The normalized spacial score (nSPS) is 22.3. The lowest BCUT2D eigenvalue weighted by Gasteiger charge is -2.40. The maximum atomic E-state index is 13.3. The molecule has 222 valence electrons. The van der Waals surface area contributed by atoms with Crippen molar-refractivity contribution in [3.8, 4) is 0 Å². The van der Waals surface area contributed by atoms with Crippen molar-refractivity contribution >= 4 is 26.8 Å². The van der Waals surface area contributed by atoms with Crippen LogP contribution >= 0.6 is 0 Å². The molecule has 2 fully saturated rings. The van der Waals surface area contributed by atoms with Crippen LogP contribution in [0.4, 0.5) is 0 Å². The number of amides is 1. The van der Waals surface area contributed by atoms with E-state index in [0.717, 1.165) is 30.0 Å². The van der Waals surface area contributed by atoms with Crippen LogP contribution in [0.15, 0.2) is 35.1 Å². The van der Waals surface area contributed by atoms with Crippen molar-refractivity contribution in [3.05, 3.63) is 46.2 Å². The van der Waals surface area contributed by atoms with Gasteiger partial charge in [0.05, 0.1) is 37.7 Å². The van der Waals surface area contributed by atoms with E-state index < -0.39 is 16.1 Å². The van der Waals surface area contributed by atoms with E-state index in [1.807, 2.05) is 38.1 Å². The number of pyridine rings is 1. The molecule has 0 saturated carbocycles. The van der Waals surface area contributed by atoms with Crippen LogP contribution in [0.25, 0.3) is 10.9 Å². The van der Waals surface area contributed by atoms with Gasteiger partial charge in [-0.1, -0.05) is 18.2 Å². The number of aliphatic hydroxyl groups excluding tert-OH is 2. The van der Waals surface area contributed by atoms with Crippen LogP contribution in [0.1, 0.15) is 55.9 Å². The number of aliphatic hydroxyl groups is 2. The number of sulfonamides is 1. The molecule has 1 amide bonds. The first-order valence-corrected chi connectivity index (χ1v) is 15.9. The average Bonchev–Trinajstić information content (AvgIpc) is 3.11. The zero-order valence-electron chi connectivity index (χ0n) is 23.5. The number of nitrogens with zero attached hydrogens (tertiary/aromatic N) is 3. The summed E-state index contributed by atoms with van der Waals surface area (Å²) in [6.07, 6.45) is 3.50. The van der Waals surface area contributed by atoms with Gasteiger partial charge in [-0.2, -0.15) is 4.31 Å². The van der Waals surface area contributed by atoms with Gasteiger partial charge in [-0.3, -0.25) is 14.5 Å². The fourth-order valence-corrected chi connectivity index (χ4v) is 7.02. The molecule has 2 bridgehead atoms. The number of carbonyl (C=O) groups is 1. The molecule has 0 aliphatic carbocycles. The molecule has 2 unspecified atom stereocenters. The minimum Gasteiger partial charge on any atom is -0.394 e. The molecule has 3 heterocycles. The van der Waals surface area contributed by atoms with Crippen LogP contribution in [-0.2, 0) is 14.8 Å². The van der Waals surface area contributed by atoms with Crippen molar-refractivity contribution in [1.82, 2.24) is 19.1 Å². The molecular formula is C28H42N4O7S. The summed E-state index contributed by atoms with van der Waals surface area (Å²) in [7, 11) is -3.54. The lowest BCUT2D eigenvalue weighted by atomic mass is 9.96. The van der Waals surface area contributed by atoms with E-state index >= 15 is 0 Å². The number of nitrogens with one attached hydrogen (secondary N) is 1. The first-order valence-electron chi connectivity index (χ1n) is 14.0. The van der Waals surface area contributed by atoms with Crippen LogP contribution in [0.5, 0.6) is 0 Å². The zero-order chi connectivity index (χ0) is 29.0. The Morgan fingerprint density at radius 2 is 1.85 bits per heavy atom. The van der Waals surface area contributed by atoms with E-state index in [0.29, 0.717) is 19.4 Å². The van der Waals surface area contributed by atoms with Gasteiger partial charge in [0.2, 0.25) is 10.0 Å². The fraction of sp³-hybridized carbons (Fsp3) is 0.643. The summed E-state index contributed by atoms with van der Waals surface area (Å²) < 4.78 is 32.5. The third-order valence-corrected chi connectivity index (χ3v) is 9.22. The van der Waals surface area contributed by atoms with Gasteiger partial charge in [-0.05, 0) is 57.0 Å². The van der Waals surface area contributed by atoms with E-state index in [-0.39, 0.29) is 74.1 Å². The fourth-order valence-electron chi connectivity index (χ4n) is 6.18. The van der Waals surface area contributed by atoms with Gasteiger partial charge in [-0.25, -0.2) is 8.42 Å². The summed E-state index contributed by atoms with van der Waals surface area (Å²) in [5.74, 6) is -0.366. The molecule has 40 heavy (non-hydrogen) atoms. The molecule has 2 aliphatic heterocycles. The Morgan fingerprint density at radius 1 is 1.18 bits per heavy atom. The van der Waals surface area contributed by atoms with Gasteiger partial charge in [-0.15, -0.1) is 0 Å². The summed E-state index contributed by atoms with van der Waals surface area (Å²) in [5, 5.41) is 23.6. The van der Waals surface area contributed by atoms with Crippen LogP contribution < -0.4 is 10.9 Å². The second kappa shape index (κ2) is 13.1. The highest BCUT2D eigenvalue weighted by Crippen LogP contribution is 2.36. The summed E-state index contributed by atoms with van der Waals surface area (Å²) in [6, 6.07) is 9.37. The highest BCUT2D eigenvalue weighted by atomic mass is 32.2. The Morgan fingerprint density at radius 3 is 2.48 bits per heavy atom. The quantitative estimate of drug-likeness (QED) is 0.298. The van der Waals surface area contributed by atoms with Crippen molar-refractivity contribution in [2.45, 2.75) is 69.8 Å². The molecular weight excluding hydrogens is 536 g/mol. The summed E-state index contributed by atoms with van der Waals surface area (Å²) in [6.45, 7) is 4.38. The topological polar surface area (TPSA) is 141 Å². The van der Waals surface area contributed by atoms with E-state index in [1.54, 1.807) is 10.6 Å². The standard InChI is InChI=1S/C28H42N4O7S/c1-19(2)32-26-7-5-4-6-20(26)14-25(28(32)36)27(35)29-21-15-22-8-9-23(16-21)31(22)18-24(34)17-30(40(3,37)38)10-12-39-13-11-33/h4-7,14,19,21-24,33-34H,8-13,15-18H2,1-3H3,(H,29,35)/t21?,22-,23+,24?. The molecule has 2 saturated heterocycles. The minimum atomic E-state index is -3.54. The molecule has 2 aliphatic rings. The van der Waals surface area contributed by atoms with E-state index in [9.17, 15) is 23.1 Å².